The van der Waals surface area contributed by atoms with Crippen molar-refractivity contribution in [3.05, 3.63) is 282 Å². The minimum atomic E-state index is -0.403. The van der Waals surface area contributed by atoms with Gasteiger partial charge < -0.3 is 62.5 Å². The van der Waals surface area contributed by atoms with E-state index in [0.29, 0.717) is 76.6 Å². The van der Waals surface area contributed by atoms with Gasteiger partial charge in [0, 0.05) is 125 Å². The quantitative estimate of drug-likeness (QED) is 0.0610. The normalized spacial score (nSPS) is 15.5. The van der Waals surface area contributed by atoms with E-state index in [-0.39, 0.29) is 32.5 Å². The Morgan fingerprint density at radius 2 is 0.681 bits per heavy atom. The molecule has 15 aromatic rings. The number of anilines is 6. The molecule has 0 saturated carbocycles. The monoisotopic (exact) mass is 2090 g/mol. The number of fused-ring (bicyclic) bond motifs is 5. The Bertz CT molecular complexity index is 7020. The van der Waals surface area contributed by atoms with E-state index < -0.39 is 11.6 Å². The van der Waals surface area contributed by atoms with Crippen LogP contribution < -0.4 is 34.7 Å². The molecule has 0 amide bonds. The van der Waals surface area contributed by atoms with E-state index in [1.54, 1.807) is 36.4 Å². The maximum atomic E-state index is 14.3. The van der Waals surface area contributed by atoms with Crippen LogP contribution in [0, 0.1) is 76.5 Å². The van der Waals surface area contributed by atoms with Crippen LogP contribution in [0.3, 0.4) is 0 Å². The molecule has 0 radical (unpaired) electrons. The highest BCUT2D eigenvalue weighted by atomic mass is 35.5. The van der Waals surface area contributed by atoms with Gasteiger partial charge in [-0.25, -0.2) is 46.9 Å². The third-order valence-corrected chi connectivity index (χ3v) is 30.8. The van der Waals surface area contributed by atoms with Gasteiger partial charge in [0.2, 0.25) is 29.7 Å². The van der Waals surface area contributed by atoms with Crippen molar-refractivity contribution in [2.75, 3.05) is 148 Å². The van der Waals surface area contributed by atoms with Gasteiger partial charge in [-0.05, 0) is 334 Å². The molecule has 0 unspecified atom stereocenters. The molecular formula is C113H131Cl7F5N19. The van der Waals surface area contributed by atoms with E-state index in [2.05, 4.69) is 127 Å². The van der Waals surface area contributed by atoms with Gasteiger partial charge in [-0.15, -0.1) is 0 Å². The lowest BCUT2D eigenvalue weighted by Crippen LogP contribution is -2.47. The predicted molar refractivity (Wildman–Crippen MR) is 589 cm³/mol. The summed E-state index contributed by atoms with van der Waals surface area (Å²) in [6.07, 6.45) is 15.7. The minimum absolute atomic E-state index is 0.120. The molecule has 6 fully saturated rings. The van der Waals surface area contributed by atoms with E-state index in [1.807, 2.05) is 108 Å². The van der Waals surface area contributed by atoms with Crippen LogP contribution >= 0.6 is 81.2 Å². The highest BCUT2D eigenvalue weighted by Crippen LogP contribution is 2.41. The van der Waals surface area contributed by atoms with Gasteiger partial charge in [-0.3, -0.25) is 4.90 Å². The third kappa shape index (κ3) is 24.3. The molecule has 0 aliphatic carbocycles. The molecule has 21 rings (SSSR count). The van der Waals surface area contributed by atoms with Crippen molar-refractivity contribution in [3.8, 4) is 0 Å². The molecule has 11 heterocycles. The first-order chi connectivity index (χ1) is 69.4. The second kappa shape index (κ2) is 47.4. The van der Waals surface area contributed by atoms with E-state index in [1.165, 1.54) is 113 Å². The second-order valence-corrected chi connectivity index (χ2v) is 42.7. The van der Waals surface area contributed by atoms with Gasteiger partial charge in [0.05, 0.1) is 103 Å². The summed E-state index contributed by atoms with van der Waals surface area (Å²) in [7, 11) is 4.10. The molecule has 762 valence electrons. The lowest BCUT2D eigenvalue weighted by Gasteiger charge is -2.39. The minimum Gasteiger partial charge on any atom is -0.367 e. The SMILES string of the molecule is CCC1CN(c2nc3cc(C)c(C)cc3n2Cc2ccc(F)c(Cl)c2)C1.CCN(CC)Cc1cc(Cl)cc2c1nc(N1CCCCC1)n2Cc1ccc(F)c(Cl)c1.CNCc1cc(Cl)cc2c1nc(N1CCCCC1)n2Cc1cc(C)c(F)c(C)c1.Cc1cc(Cn2c(N3CCCCC3)nc3c(N4CCN(C)CC4)cc(Cl)cc32)cc(C)c1F.Fc1ccc(Cn2c(N3CCCCC3)nc3ccc(Cl)cc32)cc1Cl. The Kier molecular flexibility index (Phi) is 34.6. The summed E-state index contributed by atoms with van der Waals surface area (Å²) in [5.74, 6) is 4.19. The van der Waals surface area contributed by atoms with Crippen molar-refractivity contribution in [2.24, 2.45) is 5.92 Å². The molecule has 6 aliphatic heterocycles. The van der Waals surface area contributed by atoms with Gasteiger partial charge in [0.15, 0.2) is 0 Å². The number of piperazine rings is 1. The van der Waals surface area contributed by atoms with Crippen molar-refractivity contribution >= 4 is 172 Å². The summed E-state index contributed by atoms with van der Waals surface area (Å²) in [6, 6.07) is 44.7. The van der Waals surface area contributed by atoms with E-state index >= 15 is 0 Å². The molecule has 144 heavy (non-hydrogen) atoms. The summed E-state index contributed by atoms with van der Waals surface area (Å²) in [5, 5.41) is 6.48. The number of rotatable bonds is 23. The molecular weight excluding hydrogens is 1970 g/mol. The maximum absolute atomic E-state index is 14.3. The summed E-state index contributed by atoms with van der Waals surface area (Å²) < 4.78 is 80.3. The average Bonchev–Trinajstić information content (AvgIpc) is 1.62. The fourth-order valence-corrected chi connectivity index (χ4v) is 22.4. The highest BCUT2D eigenvalue weighted by Gasteiger charge is 2.33. The number of aromatic nitrogens is 10. The van der Waals surface area contributed by atoms with E-state index in [4.69, 9.17) is 106 Å². The molecule has 5 aromatic heterocycles. The van der Waals surface area contributed by atoms with Crippen LogP contribution in [0.15, 0.2) is 146 Å². The van der Waals surface area contributed by atoms with Crippen molar-refractivity contribution in [1.29, 1.82) is 0 Å². The van der Waals surface area contributed by atoms with Crippen LogP contribution in [0.25, 0.3) is 55.2 Å². The van der Waals surface area contributed by atoms with Crippen LogP contribution in [0.5, 0.6) is 0 Å². The molecule has 0 atom stereocenters. The van der Waals surface area contributed by atoms with Crippen LogP contribution in [-0.2, 0) is 45.8 Å². The van der Waals surface area contributed by atoms with Crippen LogP contribution in [0.1, 0.15) is 177 Å². The Labute approximate surface area is 878 Å². The maximum Gasteiger partial charge on any atom is 0.206 e. The average molecular weight is 2100 g/mol. The molecule has 10 aromatic carbocycles. The zero-order valence-corrected chi connectivity index (χ0v) is 89.8. The first-order valence-corrected chi connectivity index (χ1v) is 53.7. The Morgan fingerprint density at radius 1 is 0.326 bits per heavy atom. The highest BCUT2D eigenvalue weighted by molar-refractivity contribution is 6.33. The van der Waals surface area contributed by atoms with Gasteiger partial charge >= 0.3 is 0 Å². The number of benzene rings is 10. The number of imidazole rings is 5. The smallest absolute Gasteiger partial charge is 0.206 e. The molecule has 1 N–H and O–H groups in total. The Morgan fingerprint density at radius 3 is 1.10 bits per heavy atom. The predicted octanol–water partition coefficient (Wildman–Crippen LogP) is 27.7. The first kappa shape index (κ1) is 105. The van der Waals surface area contributed by atoms with Crippen molar-refractivity contribution in [3.63, 3.8) is 0 Å². The Balaban J connectivity index is 0.000000124. The van der Waals surface area contributed by atoms with Gasteiger partial charge in [-0.1, -0.05) is 144 Å². The first-order valence-electron chi connectivity index (χ1n) is 51.0. The van der Waals surface area contributed by atoms with Crippen LogP contribution in [0.4, 0.5) is 57.4 Å². The second-order valence-electron chi connectivity index (χ2n) is 39.7. The molecule has 31 heteroatoms. The number of piperidine rings is 4. The number of hydrogen-bond acceptors (Lipinski definition) is 14. The Hall–Kier alpha value is -10.1. The number of halogens is 12. The number of aryl methyl sites for hydroxylation is 6. The van der Waals surface area contributed by atoms with Crippen molar-refractivity contribution in [2.45, 2.75) is 192 Å². The molecule has 19 nitrogen and oxygen atoms in total. The van der Waals surface area contributed by atoms with E-state index in [9.17, 15) is 22.0 Å². The van der Waals surface area contributed by atoms with Crippen molar-refractivity contribution < 1.29 is 22.0 Å². The fourth-order valence-electron chi connectivity index (χ4n) is 21.0. The molecule has 6 aliphatic rings. The fraction of sp³-hybridized carbons (Fsp3) is 0.425. The third-order valence-electron chi connectivity index (χ3n) is 29.1. The van der Waals surface area contributed by atoms with Gasteiger partial charge in [0.1, 0.15) is 34.6 Å². The zero-order chi connectivity index (χ0) is 101. The number of likely N-dealkylation sites (N-methyl/N-ethyl adjacent to an activating group) is 1. The largest absolute Gasteiger partial charge is 0.367 e. The van der Waals surface area contributed by atoms with E-state index in [0.717, 1.165) is 252 Å². The van der Waals surface area contributed by atoms with Crippen LogP contribution in [0.2, 0.25) is 35.2 Å². The van der Waals surface area contributed by atoms with Crippen molar-refractivity contribution in [1.82, 2.24) is 62.9 Å². The van der Waals surface area contributed by atoms with Crippen LogP contribution in [-0.4, -0.2) is 176 Å². The molecule has 0 spiro atoms. The standard InChI is InChI=1S/C26H33ClFN5.C24H29Cl2FN4.C23H28ClFN4.C21H23ClFN3.C19H18Cl2FN3/c1-18-13-20(14-19(2)24(18)28)17-33-23-16-21(27)15-22(31-11-9-30(3)10-12-31)25(23)29-26(33)32-7-5-4-6-8-32;1-3-29(4-2)16-18-13-19(25)14-22-23(18)28-24(30-10-6-5-7-11-30)31(22)15-17-8-9-21(27)20(26)12-17;1-15-9-17(10-16(2)21(15)25)14-29-20-12-19(24)11-18(13-26-3)22(20)27-23(29)28-7-5-4-6-8-28;1-4-15-10-25(11-15)21-24-19-7-13(2)14(3)8-20(19)26(21)12-16-5-6-18(23)17(22)9-16;20-14-5-7-17-18(11-14)25(12-13-4-6-16(22)15(21)10-13)19(23-17)24-8-2-1-3-9-24/h13-16H,4-12,17H2,1-3H3;8-9,12-14H,3-7,10-11,15-16H2,1-2H3;9-12,26H,4-8,13-14H2,1-3H3;5-9,15H,4,10-12H2,1-3H3;4-7,10-11H,1-3,8-9,12H2. The zero-order valence-electron chi connectivity index (χ0n) is 84.5. The summed E-state index contributed by atoms with van der Waals surface area (Å²) in [5.41, 5.74) is 23.7. The number of hydrogen-bond donors (Lipinski definition) is 1. The summed E-state index contributed by atoms with van der Waals surface area (Å²) >= 11 is 43.9. The van der Waals surface area contributed by atoms with Gasteiger partial charge in [-0.2, -0.15) is 0 Å². The number of nitrogens with zero attached hydrogens (tertiary/aromatic N) is 18. The lowest BCUT2D eigenvalue weighted by atomic mass is 9.98. The van der Waals surface area contributed by atoms with Gasteiger partial charge in [0.25, 0.3) is 0 Å². The summed E-state index contributed by atoms with van der Waals surface area (Å²) in [4.78, 5) is 44.1. The topological polar surface area (TPSA) is 127 Å². The molecule has 6 saturated heterocycles. The summed E-state index contributed by atoms with van der Waals surface area (Å²) in [6.45, 7) is 38.8. The lowest BCUT2D eigenvalue weighted by molar-refractivity contribution is 0.297. The molecule has 0 bridgehead atoms. The number of nitrogens with one attached hydrogen (secondary N) is 1.